The molecule has 2 heterocycles. The third-order valence-corrected chi connectivity index (χ3v) is 5.41. The monoisotopic (exact) mass is 373 g/mol. The molecule has 0 unspecified atom stereocenters. The van der Waals surface area contributed by atoms with E-state index >= 15 is 0 Å². The van der Waals surface area contributed by atoms with Crippen molar-refractivity contribution in [2.24, 2.45) is 11.8 Å². The molecule has 1 aliphatic carbocycles. The van der Waals surface area contributed by atoms with E-state index in [9.17, 15) is 9.90 Å². The van der Waals surface area contributed by atoms with Crippen LogP contribution < -0.4 is 9.64 Å². The number of carbonyl (C=O) groups excluding carboxylic acids is 1. The number of aromatic nitrogens is 2. The molecule has 2 aromatic rings. The number of aliphatic hydroxyl groups excluding tert-OH is 1. The van der Waals surface area contributed by atoms with Gasteiger partial charge in [-0.15, -0.1) is 5.10 Å². The van der Waals surface area contributed by atoms with Gasteiger partial charge in [0, 0.05) is 20.0 Å². The normalized spacial score (nSPS) is 27.3. The van der Waals surface area contributed by atoms with Gasteiger partial charge < -0.3 is 23.9 Å². The van der Waals surface area contributed by atoms with Gasteiger partial charge in [-0.05, 0) is 42.9 Å². The van der Waals surface area contributed by atoms with E-state index in [0.717, 1.165) is 19.5 Å². The van der Waals surface area contributed by atoms with Crippen molar-refractivity contribution in [1.29, 1.82) is 0 Å². The highest BCUT2D eigenvalue weighted by Crippen LogP contribution is 2.39. The Labute approximate surface area is 157 Å². The number of aryl methyl sites for hydroxylation is 1. The molecule has 8 heteroatoms. The first-order chi connectivity index (χ1) is 13.0. The lowest BCUT2D eigenvalue weighted by Crippen LogP contribution is -2.42. The third kappa shape index (κ3) is 3.62. The van der Waals surface area contributed by atoms with Crippen LogP contribution in [0.3, 0.4) is 0 Å². The van der Waals surface area contributed by atoms with Crippen molar-refractivity contribution in [1.82, 2.24) is 10.2 Å². The molecule has 1 saturated heterocycles. The van der Waals surface area contributed by atoms with Crippen molar-refractivity contribution in [3.63, 3.8) is 0 Å². The summed E-state index contributed by atoms with van der Waals surface area (Å²) in [5, 5.41) is 18.6. The number of methoxy groups -OCH3 is 1. The quantitative estimate of drug-likeness (QED) is 0.811. The molecule has 27 heavy (non-hydrogen) atoms. The van der Waals surface area contributed by atoms with Gasteiger partial charge in [0.1, 0.15) is 11.9 Å². The van der Waals surface area contributed by atoms with E-state index in [2.05, 4.69) is 15.1 Å². The van der Waals surface area contributed by atoms with E-state index in [4.69, 9.17) is 13.9 Å². The molecule has 1 N–H and O–H groups in total. The van der Waals surface area contributed by atoms with Crippen LogP contribution in [0, 0.1) is 18.8 Å². The number of hydrogen-bond acceptors (Lipinski definition) is 8. The lowest BCUT2D eigenvalue weighted by atomic mass is 9.78. The number of aliphatic hydroxyl groups is 1. The van der Waals surface area contributed by atoms with Crippen molar-refractivity contribution < 1.29 is 23.8 Å². The Morgan fingerprint density at radius 1 is 1.26 bits per heavy atom. The summed E-state index contributed by atoms with van der Waals surface area (Å²) in [7, 11) is 1.34. The number of rotatable bonds is 4. The molecule has 0 radical (unpaired) electrons. The van der Waals surface area contributed by atoms with Crippen LogP contribution in [0.1, 0.15) is 29.1 Å². The minimum Gasteiger partial charge on any atom is -0.488 e. The first-order valence-corrected chi connectivity index (χ1v) is 9.11. The average molecular weight is 373 g/mol. The minimum absolute atomic E-state index is 0.316. The van der Waals surface area contributed by atoms with Crippen LogP contribution in [-0.4, -0.2) is 53.7 Å². The third-order valence-electron chi connectivity index (χ3n) is 5.41. The summed E-state index contributed by atoms with van der Waals surface area (Å²) in [6.07, 6.45) is 0.522. The van der Waals surface area contributed by atoms with Crippen LogP contribution in [-0.2, 0) is 4.74 Å². The number of carbonyl (C=O) groups is 1. The predicted octanol–water partition coefficient (Wildman–Crippen LogP) is 1.82. The van der Waals surface area contributed by atoms with Crippen LogP contribution >= 0.6 is 0 Å². The second-order valence-electron chi connectivity index (χ2n) is 7.24. The van der Waals surface area contributed by atoms with Crippen LogP contribution in [0.2, 0.25) is 0 Å². The van der Waals surface area contributed by atoms with Crippen LogP contribution in [0.25, 0.3) is 0 Å². The highest BCUT2D eigenvalue weighted by atomic mass is 16.5. The van der Waals surface area contributed by atoms with E-state index in [1.807, 2.05) is 0 Å². The zero-order chi connectivity index (χ0) is 19.0. The SMILES string of the molecule is COC(=O)c1cccc(O[C@@H]2C[C@@H]3CN(c4nnc(C)o4)C[C@@H]3C[C@H]2O)c1. The van der Waals surface area contributed by atoms with Crippen molar-refractivity contribution in [2.75, 3.05) is 25.1 Å². The maximum absolute atomic E-state index is 11.7. The molecule has 0 amide bonds. The molecule has 8 nitrogen and oxygen atoms in total. The molecule has 1 aromatic heterocycles. The Morgan fingerprint density at radius 2 is 2.04 bits per heavy atom. The van der Waals surface area contributed by atoms with Gasteiger partial charge in [-0.3, -0.25) is 0 Å². The fourth-order valence-corrected chi connectivity index (χ4v) is 4.08. The lowest BCUT2D eigenvalue weighted by Gasteiger charge is -2.35. The molecule has 2 aliphatic rings. The largest absolute Gasteiger partial charge is 0.488 e. The fraction of sp³-hybridized carbons (Fsp3) is 0.526. The number of benzene rings is 1. The minimum atomic E-state index is -0.558. The Morgan fingerprint density at radius 3 is 2.74 bits per heavy atom. The molecule has 1 aliphatic heterocycles. The summed E-state index contributed by atoms with van der Waals surface area (Å²) >= 11 is 0. The molecule has 1 saturated carbocycles. The first kappa shape index (κ1) is 17.8. The Balaban J connectivity index is 1.43. The van der Waals surface area contributed by atoms with Gasteiger partial charge in [0.2, 0.25) is 5.89 Å². The standard InChI is InChI=1S/C19H23N3O5/c1-11-20-21-19(26-11)22-9-13-7-16(23)17(8-14(13)10-22)27-15-5-3-4-12(6-15)18(24)25-2/h3-6,13-14,16-17,23H,7-10H2,1-2H3/t13-,14+,16+,17+/m0/s1. The predicted molar refractivity (Wildman–Crippen MR) is 95.7 cm³/mol. The van der Waals surface area contributed by atoms with E-state index in [1.54, 1.807) is 31.2 Å². The molecule has 2 fully saturated rings. The maximum atomic E-state index is 11.7. The van der Waals surface area contributed by atoms with Crippen molar-refractivity contribution >= 4 is 12.0 Å². The molecular weight excluding hydrogens is 350 g/mol. The Hall–Kier alpha value is -2.61. The number of hydrogen-bond donors (Lipinski definition) is 1. The second kappa shape index (κ2) is 7.19. The lowest BCUT2D eigenvalue weighted by molar-refractivity contribution is -0.0231. The van der Waals surface area contributed by atoms with Crippen LogP contribution in [0.15, 0.2) is 28.7 Å². The van der Waals surface area contributed by atoms with Gasteiger partial charge in [0.15, 0.2) is 0 Å². The van der Waals surface area contributed by atoms with Gasteiger partial charge in [-0.1, -0.05) is 11.2 Å². The zero-order valence-corrected chi connectivity index (χ0v) is 15.4. The van der Waals surface area contributed by atoms with Gasteiger partial charge >= 0.3 is 12.0 Å². The first-order valence-electron chi connectivity index (χ1n) is 9.11. The number of anilines is 1. The number of fused-ring (bicyclic) bond motifs is 1. The summed E-state index contributed by atoms with van der Waals surface area (Å²) in [4.78, 5) is 13.8. The summed E-state index contributed by atoms with van der Waals surface area (Å²) in [5.41, 5.74) is 0.428. The van der Waals surface area contributed by atoms with Crippen molar-refractivity contribution in [2.45, 2.75) is 32.0 Å². The smallest absolute Gasteiger partial charge is 0.337 e. The maximum Gasteiger partial charge on any atom is 0.337 e. The number of nitrogens with zero attached hydrogens (tertiary/aromatic N) is 3. The van der Waals surface area contributed by atoms with E-state index in [0.29, 0.717) is 41.5 Å². The topological polar surface area (TPSA) is 97.9 Å². The Kier molecular flexibility index (Phi) is 4.73. The second-order valence-corrected chi connectivity index (χ2v) is 7.24. The van der Waals surface area contributed by atoms with Crippen molar-refractivity contribution in [3.05, 3.63) is 35.7 Å². The molecule has 0 spiro atoms. The molecular formula is C19H23N3O5. The summed E-state index contributed by atoms with van der Waals surface area (Å²) < 4.78 is 16.3. The number of esters is 1. The summed E-state index contributed by atoms with van der Waals surface area (Å²) in [6, 6.07) is 7.39. The average Bonchev–Trinajstić information content (AvgIpc) is 3.27. The zero-order valence-electron chi connectivity index (χ0n) is 15.4. The molecule has 1 aromatic carbocycles. The fourth-order valence-electron chi connectivity index (χ4n) is 4.08. The van der Waals surface area contributed by atoms with Gasteiger partial charge in [-0.25, -0.2) is 4.79 Å². The highest BCUT2D eigenvalue weighted by molar-refractivity contribution is 5.89. The van der Waals surface area contributed by atoms with Crippen molar-refractivity contribution in [3.8, 4) is 5.75 Å². The van der Waals surface area contributed by atoms with Crippen LogP contribution in [0.4, 0.5) is 6.01 Å². The molecule has 0 bridgehead atoms. The van der Waals surface area contributed by atoms with E-state index < -0.39 is 12.1 Å². The van der Waals surface area contributed by atoms with E-state index in [-0.39, 0.29) is 6.10 Å². The molecule has 4 rings (SSSR count). The van der Waals surface area contributed by atoms with Gasteiger partial charge in [0.05, 0.1) is 18.8 Å². The van der Waals surface area contributed by atoms with Gasteiger partial charge in [0.25, 0.3) is 0 Å². The molecule has 144 valence electrons. The number of ether oxygens (including phenoxy) is 2. The summed E-state index contributed by atoms with van der Waals surface area (Å²) in [5.74, 6) is 1.45. The Bertz CT molecular complexity index is 823. The highest BCUT2D eigenvalue weighted by Gasteiger charge is 2.43. The van der Waals surface area contributed by atoms with E-state index in [1.165, 1.54) is 7.11 Å². The van der Waals surface area contributed by atoms with Gasteiger partial charge in [-0.2, -0.15) is 0 Å². The molecule has 4 atom stereocenters. The van der Waals surface area contributed by atoms with Crippen LogP contribution in [0.5, 0.6) is 5.75 Å². The summed E-state index contributed by atoms with van der Waals surface area (Å²) in [6.45, 7) is 3.38.